The second-order valence-corrected chi connectivity index (χ2v) is 4.47. The third-order valence-corrected chi connectivity index (χ3v) is 2.92. The maximum absolute atomic E-state index is 6.00. The van der Waals surface area contributed by atoms with Crippen LogP contribution >= 0.6 is 11.6 Å². The highest BCUT2D eigenvalue weighted by Gasteiger charge is 1.93. The van der Waals surface area contributed by atoms with Crippen molar-refractivity contribution in [3.63, 3.8) is 0 Å². The molecule has 0 heterocycles. The van der Waals surface area contributed by atoms with Gasteiger partial charge in [0, 0.05) is 23.2 Å². The van der Waals surface area contributed by atoms with Gasteiger partial charge in [-0.3, -0.25) is 4.99 Å². The summed E-state index contributed by atoms with van der Waals surface area (Å²) in [5, 5.41) is 0.726. The van der Waals surface area contributed by atoms with Crippen molar-refractivity contribution in [2.75, 3.05) is 6.54 Å². The summed E-state index contributed by atoms with van der Waals surface area (Å²) < 4.78 is 0. The molecule has 17 heavy (non-hydrogen) atoms. The fourth-order valence-electron chi connectivity index (χ4n) is 1.22. The van der Waals surface area contributed by atoms with Crippen LogP contribution < -0.4 is 0 Å². The van der Waals surface area contributed by atoms with E-state index < -0.39 is 0 Å². The van der Waals surface area contributed by atoms with Crippen LogP contribution in [0.2, 0.25) is 5.02 Å². The number of hydrogen-bond donors (Lipinski definition) is 0. The summed E-state index contributed by atoms with van der Waals surface area (Å²) >= 11 is 6.00. The van der Waals surface area contributed by atoms with Gasteiger partial charge in [-0.2, -0.15) is 0 Å². The molecule has 1 atom stereocenters. The van der Waals surface area contributed by atoms with Crippen LogP contribution in [0.4, 0.5) is 0 Å². The van der Waals surface area contributed by atoms with E-state index in [1.54, 1.807) is 6.21 Å². The van der Waals surface area contributed by atoms with Gasteiger partial charge in [0.15, 0.2) is 0 Å². The van der Waals surface area contributed by atoms with Crippen molar-refractivity contribution in [3.8, 4) is 11.8 Å². The summed E-state index contributed by atoms with van der Waals surface area (Å²) in [5.74, 6) is 6.87. The second-order valence-electron chi connectivity index (χ2n) is 4.06. The van der Waals surface area contributed by atoms with Gasteiger partial charge in [0.25, 0.3) is 0 Å². The van der Waals surface area contributed by atoms with Crippen molar-refractivity contribution in [2.24, 2.45) is 10.9 Å². The van der Waals surface area contributed by atoms with Gasteiger partial charge in [-0.05, 0) is 12.0 Å². The average molecular weight is 248 g/mol. The molecule has 1 aromatic rings. The molecular weight excluding hydrogens is 230 g/mol. The first-order valence-corrected chi connectivity index (χ1v) is 6.32. The van der Waals surface area contributed by atoms with Gasteiger partial charge in [0.1, 0.15) is 0 Å². The van der Waals surface area contributed by atoms with E-state index in [1.165, 1.54) is 6.42 Å². The molecular formula is C15H18ClN. The van der Waals surface area contributed by atoms with Crippen molar-refractivity contribution in [2.45, 2.75) is 26.7 Å². The summed E-state index contributed by atoms with van der Waals surface area (Å²) in [6.07, 6.45) is 3.91. The van der Waals surface area contributed by atoms with E-state index in [0.29, 0.717) is 12.5 Å². The number of nitrogens with zero attached hydrogens (tertiary/aromatic N) is 1. The molecule has 1 rings (SSSR count). The molecule has 0 fully saturated rings. The van der Waals surface area contributed by atoms with Crippen LogP contribution in [-0.2, 0) is 0 Å². The molecule has 1 aromatic carbocycles. The molecule has 0 N–H and O–H groups in total. The molecule has 1 nitrogen and oxygen atoms in total. The predicted molar refractivity (Wildman–Crippen MR) is 75.8 cm³/mol. The van der Waals surface area contributed by atoms with E-state index in [1.807, 2.05) is 24.3 Å². The Kier molecular flexibility index (Phi) is 6.43. The Morgan fingerprint density at radius 1 is 1.35 bits per heavy atom. The van der Waals surface area contributed by atoms with Crippen molar-refractivity contribution in [1.29, 1.82) is 0 Å². The highest BCUT2D eigenvalue weighted by atomic mass is 35.5. The van der Waals surface area contributed by atoms with Gasteiger partial charge in [-0.1, -0.05) is 56.0 Å². The van der Waals surface area contributed by atoms with Gasteiger partial charge in [0.2, 0.25) is 0 Å². The van der Waals surface area contributed by atoms with Crippen LogP contribution in [0.3, 0.4) is 0 Å². The molecule has 90 valence electrons. The van der Waals surface area contributed by atoms with Gasteiger partial charge in [-0.15, -0.1) is 5.92 Å². The van der Waals surface area contributed by atoms with E-state index in [4.69, 9.17) is 11.6 Å². The lowest BCUT2D eigenvalue weighted by Gasteiger charge is -1.99. The number of hydrogen-bond acceptors (Lipinski definition) is 1. The Bertz CT molecular complexity index is 426. The molecule has 0 aliphatic heterocycles. The zero-order valence-electron chi connectivity index (χ0n) is 10.4. The van der Waals surface area contributed by atoms with Crippen LogP contribution in [-0.4, -0.2) is 12.8 Å². The molecule has 0 bridgehead atoms. The molecule has 0 saturated heterocycles. The molecule has 0 aliphatic carbocycles. The van der Waals surface area contributed by atoms with E-state index in [-0.39, 0.29) is 0 Å². The van der Waals surface area contributed by atoms with Crippen molar-refractivity contribution in [3.05, 3.63) is 34.9 Å². The monoisotopic (exact) mass is 247 g/mol. The predicted octanol–water partition coefficient (Wildman–Crippen LogP) is 4.20. The van der Waals surface area contributed by atoms with Gasteiger partial charge >= 0.3 is 0 Å². The fourth-order valence-corrected chi connectivity index (χ4v) is 1.40. The molecule has 2 heteroatoms. The number of rotatable bonds is 4. The molecule has 0 radical (unpaired) electrons. The zero-order chi connectivity index (χ0) is 12.5. The standard InChI is InChI=1S/C15H18ClN/c1-3-13(2)8-6-7-11-17-12-14-9-4-5-10-15(14)16/h4-5,9-10,12-13H,3,8,11H2,1-2H3/b17-12+. The zero-order valence-corrected chi connectivity index (χ0v) is 11.2. The summed E-state index contributed by atoms with van der Waals surface area (Å²) in [7, 11) is 0. The lowest BCUT2D eigenvalue weighted by molar-refractivity contribution is 0.580. The molecule has 0 amide bonds. The molecule has 0 saturated carbocycles. The first kappa shape index (κ1) is 13.8. The van der Waals surface area contributed by atoms with Crippen LogP contribution in [0.1, 0.15) is 32.3 Å². The van der Waals surface area contributed by atoms with E-state index >= 15 is 0 Å². The summed E-state index contributed by atoms with van der Waals surface area (Å²) in [6, 6.07) is 7.66. The molecule has 0 aromatic heterocycles. The SMILES string of the molecule is CCC(C)CC#CC/N=C/c1ccccc1Cl. The van der Waals surface area contributed by atoms with Gasteiger partial charge in [-0.25, -0.2) is 0 Å². The maximum atomic E-state index is 6.00. The fraction of sp³-hybridized carbons (Fsp3) is 0.400. The lowest BCUT2D eigenvalue weighted by Crippen LogP contribution is -1.88. The van der Waals surface area contributed by atoms with Gasteiger partial charge < -0.3 is 0 Å². The minimum Gasteiger partial charge on any atom is -0.280 e. The van der Waals surface area contributed by atoms with E-state index in [0.717, 1.165) is 17.0 Å². The van der Waals surface area contributed by atoms with E-state index in [2.05, 4.69) is 30.7 Å². The third kappa shape index (κ3) is 5.56. The van der Waals surface area contributed by atoms with Crippen LogP contribution in [0.5, 0.6) is 0 Å². The normalized spacial score (nSPS) is 12.2. The summed E-state index contributed by atoms with van der Waals surface area (Å²) in [5.41, 5.74) is 0.942. The largest absolute Gasteiger partial charge is 0.280 e. The Labute approximate surface area is 109 Å². The Morgan fingerprint density at radius 2 is 2.12 bits per heavy atom. The van der Waals surface area contributed by atoms with Crippen molar-refractivity contribution in [1.82, 2.24) is 0 Å². The third-order valence-electron chi connectivity index (χ3n) is 2.58. The first-order chi connectivity index (χ1) is 8.24. The van der Waals surface area contributed by atoms with Crippen molar-refractivity contribution < 1.29 is 0 Å². The Morgan fingerprint density at radius 3 is 2.82 bits per heavy atom. The molecule has 0 aliphatic rings. The average Bonchev–Trinajstić information content (AvgIpc) is 2.35. The van der Waals surface area contributed by atoms with Crippen LogP contribution in [0, 0.1) is 17.8 Å². The molecule has 0 spiro atoms. The van der Waals surface area contributed by atoms with E-state index in [9.17, 15) is 0 Å². The van der Waals surface area contributed by atoms with Gasteiger partial charge in [0.05, 0.1) is 6.54 Å². The minimum absolute atomic E-state index is 0.543. The Hall–Kier alpha value is -1.26. The number of aliphatic imine (C=N–C) groups is 1. The van der Waals surface area contributed by atoms with Crippen LogP contribution in [0.15, 0.2) is 29.3 Å². The number of benzene rings is 1. The van der Waals surface area contributed by atoms with Crippen molar-refractivity contribution >= 4 is 17.8 Å². The number of halogens is 1. The highest BCUT2D eigenvalue weighted by Crippen LogP contribution is 2.12. The quantitative estimate of drug-likeness (QED) is 0.559. The maximum Gasteiger partial charge on any atom is 0.0997 e. The molecule has 1 unspecified atom stereocenters. The summed E-state index contributed by atoms with van der Waals surface area (Å²) in [4.78, 5) is 4.24. The Balaban J connectivity index is 2.39. The summed E-state index contributed by atoms with van der Waals surface area (Å²) in [6.45, 7) is 4.94. The lowest BCUT2D eigenvalue weighted by atomic mass is 10.1. The minimum atomic E-state index is 0.543. The smallest absolute Gasteiger partial charge is 0.0997 e. The first-order valence-electron chi connectivity index (χ1n) is 5.94. The second kappa shape index (κ2) is 7.92. The topological polar surface area (TPSA) is 12.4 Å². The van der Waals surface area contributed by atoms with Crippen LogP contribution in [0.25, 0.3) is 0 Å². The highest BCUT2D eigenvalue weighted by molar-refractivity contribution is 6.33.